The van der Waals surface area contributed by atoms with Crippen molar-refractivity contribution in [3.63, 3.8) is 0 Å². The minimum atomic E-state index is -0.470. The molecule has 0 aliphatic heterocycles. The number of rotatable bonds is 5. The number of carbonyl (C=O) groups excluding carboxylic acids is 1. The maximum Gasteiger partial charge on any atom is 0.274 e. The first-order valence-electron chi connectivity index (χ1n) is 7.98. The highest BCUT2D eigenvalue weighted by atomic mass is 35.5. The second-order valence-electron chi connectivity index (χ2n) is 5.62. The Morgan fingerprint density at radius 2 is 1.93 bits per heavy atom. The van der Waals surface area contributed by atoms with Gasteiger partial charge in [-0.3, -0.25) is 4.79 Å². The Labute approximate surface area is 160 Å². The van der Waals surface area contributed by atoms with Crippen LogP contribution < -0.4 is 15.4 Å². The smallest absolute Gasteiger partial charge is 0.274 e. The van der Waals surface area contributed by atoms with Crippen molar-refractivity contribution in [2.75, 3.05) is 17.7 Å². The van der Waals surface area contributed by atoms with E-state index in [9.17, 15) is 9.18 Å². The van der Waals surface area contributed by atoms with Crippen LogP contribution in [0.4, 0.5) is 21.6 Å². The van der Waals surface area contributed by atoms with E-state index in [0.717, 1.165) is 0 Å². The number of hydrogen-bond acceptors (Lipinski definition) is 5. The SMILES string of the molecule is COc1ccc(Nc2cc(C(=O)Nc3cccc(F)c3)nc(C)n2)cc1Cl. The van der Waals surface area contributed by atoms with Gasteiger partial charge in [0.15, 0.2) is 0 Å². The van der Waals surface area contributed by atoms with Crippen molar-refractivity contribution in [2.24, 2.45) is 0 Å². The van der Waals surface area contributed by atoms with Crippen LogP contribution in [-0.2, 0) is 0 Å². The van der Waals surface area contributed by atoms with E-state index in [1.54, 1.807) is 31.2 Å². The summed E-state index contributed by atoms with van der Waals surface area (Å²) in [5, 5.41) is 6.12. The summed E-state index contributed by atoms with van der Waals surface area (Å²) < 4.78 is 18.4. The summed E-state index contributed by atoms with van der Waals surface area (Å²) >= 11 is 6.12. The zero-order chi connectivity index (χ0) is 19.4. The van der Waals surface area contributed by atoms with Gasteiger partial charge < -0.3 is 15.4 Å². The molecule has 0 aliphatic carbocycles. The van der Waals surface area contributed by atoms with E-state index in [-0.39, 0.29) is 5.69 Å². The second-order valence-corrected chi connectivity index (χ2v) is 6.03. The minimum absolute atomic E-state index is 0.147. The van der Waals surface area contributed by atoms with Gasteiger partial charge >= 0.3 is 0 Å². The van der Waals surface area contributed by atoms with E-state index >= 15 is 0 Å². The third-order valence-corrected chi connectivity index (χ3v) is 3.87. The third kappa shape index (κ3) is 4.71. The fourth-order valence-electron chi connectivity index (χ4n) is 2.40. The molecule has 0 saturated carbocycles. The first kappa shape index (κ1) is 18.6. The third-order valence-electron chi connectivity index (χ3n) is 3.58. The topological polar surface area (TPSA) is 76.1 Å². The molecule has 6 nitrogen and oxygen atoms in total. The lowest BCUT2D eigenvalue weighted by Crippen LogP contribution is -2.15. The molecule has 138 valence electrons. The minimum Gasteiger partial charge on any atom is -0.495 e. The van der Waals surface area contributed by atoms with Gasteiger partial charge in [-0.05, 0) is 43.3 Å². The highest BCUT2D eigenvalue weighted by Crippen LogP contribution is 2.28. The van der Waals surface area contributed by atoms with Gasteiger partial charge in [0, 0.05) is 17.4 Å². The summed E-state index contributed by atoms with van der Waals surface area (Å²) in [6, 6.07) is 12.3. The molecule has 0 spiro atoms. The Kier molecular flexibility index (Phi) is 5.52. The van der Waals surface area contributed by atoms with Crippen LogP contribution in [0.15, 0.2) is 48.5 Å². The number of benzene rings is 2. The monoisotopic (exact) mass is 386 g/mol. The first-order chi connectivity index (χ1) is 12.9. The number of ether oxygens (including phenoxy) is 1. The molecule has 0 radical (unpaired) electrons. The maximum absolute atomic E-state index is 13.3. The summed E-state index contributed by atoms with van der Waals surface area (Å²) in [6.07, 6.45) is 0. The van der Waals surface area contributed by atoms with Crippen LogP contribution in [-0.4, -0.2) is 23.0 Å². The average molecular weight is 387 g/mol. The molecule has 8 heteroatoms. The number of aryl methyl sites for hydroxylation is 1. The highest BCUT2D eigenvalue weighted by molar-refractivity contribution is 6.32. The van der Waals surface area contributed by atoms with E-state index < -0.39 is 11.7 Å². The number of carbonyl (C=O) groups is 1. The van der Waals surface area contributed by atoms with E-state index in [4.69, 9.17) is 16.3 Å². The van der Waals surface area contributed by atoms with E-state index in [0.29, 0.717) is 33.8 Å². The quantitative estimate of drug-likeness (QED) is 0.671. The fraction of sp³-hybridized carbons (Fsp3) is 0.105. The summed E-state index contributed by atoms with van der Waals surface area (Å²) in [7, 11) is 1.53. The van der Waals surface area contributed by atoms with Crippen LogP contribution in [0.25, 0.3) is 0 Å². The molecule has 0 saturated heterocycles. The number of anilines is 3. The van der Waals surface area contributed by atoms with Crippen LogP contribution in [0.1, 0.15) is 16.3 Å². The number of aromatic nitrogens is 2. The molecule has 0 bridgehead atoms. The summed E-state index contributed by atoms with van der Waals surface area (Å²) in [6.45, 7) is 1.67. The molecule has 0 fully saturated rings. The molecular formula is C19H16ClFN4O2. The number of methoxy groups -OCH3 is 1. The maximum atomic E-state index is 13.3. The molecule has 3 aromatic rings. The van der Waals surface area contributed by atoms with Gasteiger partial charge in [0.1, 0.15) is 28.9 Å². The lowest BCUT2D eigenvalue weighted by atomic mass is 10.2. The van der Waals surface area contributed by atoms with Gasteiger partial charge in [-0.2, -0.15) is 0 Å². The Bertz CT molecular complexity index is 997. The zero-order valence-electron chi connectivity index (χ0n) is 14.6. The van der Waals surface area contributed by atoms with Crippen LogP contribution in [0, 0.1) is 12.7 Å². The number of amides is 1. The van der Waals surface area contributed by atoms with Gasteiger partial charge in [0.2, 0.25) is 0 Å². The second kappa shape index (κ2) is 8.01. The Hall–Kier alpha value is -3.19. The normalized spacial score (nSPS) is 10.4. The van der Waals surface area contributed by atoms with E-state index in [2.05, 4.69) is 20.6 Å². The largest absolute Gasteiger partial charge is 0.495 e. The molecule has 1 aromatic heterocycles. The Morgan fingerprint density at radius 3 is 2.63 bits per heavy atom. The van der Waals surface area contributed by atoms with Gasteiger partial charge in [-0.25, -0.2) is 14.4 Å². The van der Waals surface area contributed by atoms with Crippen molar-refractivity contribution in [3.8, 4) is 5.75 Å². The zero-order valence-corrected chi connectivity index (χ0v) is 15.3. The summed E-state index contributed by atoms with van der Waals surface area (Å²) in [4.78, 5) is 20.8. The van der Waals surface area contributed by atoms with Crippen molar-refractivity contribution in [1.29, 1.82) is 0 Å². The Morgan fingerprint density at radius 1 is 1.11 bits per heavy atom. The van der Waals surface area contributed by atoms with E-state index in [1.165, 1.54) is 31.4 Å². The molecule has 27 heavy (non-hydrogen) atoms. The number of halogens is 2. The number of nitrogens with zero attached hydrogens (tertiary/aromatic N) is 2. The van der Waals surface area contributed by atoms with Crippen molar-refractivity contribution >= 4 is 34.7 Å². The summed E-state index contributed by atoms with van der Waals surface area (Å²) in [5.74, 6) is 0.473. The molecule has 2 aromatic carbocycles. The number of hydrogen-bond donors (Lipinski definition) is 2. The molecule has 1 amide bonds. The highest BCUT2D eigenvalue weighted by Gasteiger charge is 2.12. The van der Waals surface area contributed by atoms with Crippen LogP contribution >= 0.6 is 11.6 Å². The first-order valence-corrected chi connectivity index (χ1v) is 8.35. The van der Waals surface area contributed by atoms with E-state index in [1.807, 2.05) is 0 Å². The van der Waals surface area contributed by atoms with Gasteiger partial charge in [-0.1, -0.05) is 17.7 Å². The lowest BCUT2D eigenvalue weighted by Gasteiger charge is -2.10. The van der Waals surface area contributed by atoms with Gasteiger partial charge in [-0.15, -0.1) is 0 Å². The predicted octanol–water partition coefficient (Wildman–Crippen LogP) is 4.58. The Balaban J connectivity index is 1.81. The van der Waals surface area contributed by atoms with Crippen LogP contribution in [0.5, 0.6) is 5.75 Å². The molecule has 1 heterocycles. The fourth-order valence-corrected chi connectivity index (χ4v) is 2.66. The van der Waals surface area contributed by atoms with Gasteiger partial charge in [0.25, 0.3) is 5.91 Å². The lowest BCUT2D eigenvalue weighted by molar-refractivity contribution is 0.102. The summed E-state index contributed by atoms with van der Waals surface area (Å²) in [5.41, 5.74) is 1.16. The van der Waals surface area contributed by atoms with Crippen molar-refractivity contribution in [1.82, 2.24) is 9.97 Å². The molecule has 2 N–H and O–H groups in total. The van der Waals surface area contributed by atoms with Crippen molar-refractivity contribution in [2.45, 2.75) is 6.92 Å². The molecule has 3 rings (SSSR count). The molecule has 0 aliphatic rings. The molecular weight excluding hydrogens is 371 g/mol. The van der Waals surface area contributed by atoms with Crippen molar-refractivity contribution < 1.29 is 13.9 Å². The molecule has 0 atom stereocenters. The molecule has 0 unspecified atom stereocenters. The standard InChI is InChI=1S/C19H16ClFN4O2/c1-11-22-16(19(26)25-13-5-3-4-12(21)8-13)10-18(23-11)24-14-6-7-17(27-2)15(20)9-14/h3-10H,1-2H3,(H,25,26)(H,22,23,24). The number of nitrogens with one attached hydrogen (secondary N) is 2. The van der Waals surface area contributed by atoms with Crippen LogP contribution in [0.3, 0.4) is 0 Å². The van der Waals surface area contributed by atoms with Crippen molar-refractivity contribution in [3.05, 3.63) is 70.9 Å². The van der Waals surface area contributed by atoms with Gasteiger partial charge in [0.05, 0.1) is 12.1 Å². The average Bonchev–Trinajstić information content (AvgIpc) is 2.61. The van der Waals surface area contributed by atoms with Crippen LogP contribution in [0.2, 0.25) is 5.02 Å². The predicted molar refractivity (Wildman–Crippen MR) is 102 cm³/mol.